The van der Waals surface area contributed by atoms with Crippen molar-refractivity contribution in [3.05, 3.63) is 76.0 Å². The molecular weight excluding hydrogens is 565 g/mol. The van der Waals surface area contributed by atoms with Gasteiger partial charge in [-0.15, -0.1) is 0 Å². The summed E-state index contributed by atoms with van der Waals surface area (Å²) < 4.78 is 110. The van der Waals surface area contributed by atoms with E-state index in [4.69, 9.17) is 21.1 Å². The van der Waals surface area contributed by atoms with Gasteiger partial charge in [-0.2, -0.15) is 26.3 Å². The van der Waals surface area contributed by atoms with E-state index in [0.717, 1.165) is 5.56 Å². The van der Waals surface area contributed by atoms with Crippen LogP contribution in [0.3, 0.4) is 0 Å². The number of benzene rings is 2. The maximum atomic E-state index is 14.2. The van der Waals surface area contributed by atoms with Gasteiger partial charge in [-0.3, -0.25) is 0 Å². The lowest BCUT2D eigenvalue weighted by molar-refractivity contribution is -0.144. The molecule has 1 saturated heterocycles. The summed E-state index contributed by atoms with van der Waals surface area (Å²) in [5, 5.41) is 3.39. The molecule has 0 bridgehead atoms. The number of aromatic nitrogens is 1. The SMILES string of the molecule is CC(C)c1c[nH]c2ccc(Oc3c(C(F)(F)F)cc(NC4OC4C4=C(Cl)C=CC(F)C4C)cc3C(F)(F)F)cc12. The normalized spacial score (nSPS) is 23.3. The molecule has 12 heteroatoms. The molecule has 0 radical (unpaired) electrons. The Balaban J connectivity index is 1.51. The van der Waals surface area contributed by atoms with Crippen LogP contribution in [0, 0.1) is 5.92 Å². The third kappa shape index (κ3) is 5.41. The average Bonchev–Trinajstić information content (AvgIpc) is 3.45. The summed E-state index contributed by atoms with van der Waals surface area (Å²) in [6.07, 6.45) is -9.18. The van der Waals surface area contributed by atoms with Crippen LogP contribution in [0.5, 0.6) is 11.5 Å². The van der Waals surface area contributed by atoms with Gasteiger partial charge < -0.3 is 19.8 Å². The fourth-order valence-electron chi connectivity index (χ4n) is 4.87. The second kappa shape index (κ2) is 10.0. The van der Waals surface area contributed by atoms with Gasteiger partial charge in [0.25, 0.3) is 0 Å². The molecule has 4 unspecified atom stereocenters. The van der Waals surface area contributed by atoms with Gasteiger partial charge in [-0.1, -0.05) is 32.4 Å². The first-order valence-electron chi connectivity index (χ1n) is 12.4. The third-order valence-electron chi connectivity index (χ3n) is 7.00. The molecule has 0 spiro atoms. The summed E-state index contributed by atoms with van der Waals surface area (Å²) in [5.74, 6) is -2.17. The van der Waals surface area contributed by atoms with Crippen LogP contribution in [-0.2, 0) is 17.1 Å². The van der Waals surface area contributed by atoms with Crippen molar-refractivity contribution < 1.29 is 40.2 Å². The molecule has 4 atom stereocenters. The van der Waals surface area contributed by atoms with Crippen molar-refractivity contribution >= 4 is 28.2 Å². The number of epoxide rings is 1. The van der Waals surface area contributed by atoms with Crippen molar-refractivity contribution in [1.29, 1.82) is 0 Å². The van der Waals surface area contributed by atoms with Gasteiger partial charge in [0.15, 0.2) is 12.0 Å². The van der Waals surface area contributed by atoms with E-state index < -0.39 is 59.3 Å². The highest BCUT2D eigenvalue weighted by Gasteiger charge is 2.48. The molecule has 1 fully saturated rings. The van der Waals surface area contributed by atoms with Crippen LogP contribution in [0.25, 0.3) is 10.9 Å². The van der Waals surface area contributed by atoms with Crippen LogP contribution in [0.15, 0.2) is 59.3 Å². The van der Waals surface area contributed by atoms with Crippen LogP contribution >= 0.6 is 11.6 Å². The lowest BCUT2D eigenvalue weighted by atomic mass is 9.89. The summed E-state index contributed by atoms with van der Waals surface area (Å²) in [6.45, 7) is 5.38. The zero-order valence-corrected chi connectivity index (χ0v) is 22.1. The predicted octanol–water partition coefficient (Wildman–Crippen LogP) is 9.29. The molecule has 2 aliphatic rings. The van der Waals surface area contributed by atoms with Crippen molar-refractivity contribution in [1.82, 2.24) is 4.98 Å². The highest BCUT2D eigenvalue weighted by Crippen LogP contribution is 2.49. The number of ether oxygens (including phenoxy) is 2. The molecule has 5 rings (SSSR count). The van der Waals surface area contributed by atoms with Gasteiger partial charge >= 0.3 is 12.4 Å². The van der Waals surface area contributed by atoms with E-state index >= 15 is 0 Å². The van der Waals surface area contributed by atoms with Gasteiger partial charge in [-0.25, -0.2) is 4.39 Å². The third-order valence-corrected chi connectivity index (χ3v) is 7.35. The second-order valence-corrected chi connectivity index (χ2v) is 10.5. The van der Waals surface area contributed by atoms with Gasteiger partial charge in [0.2, 0.25) is 0 Å². The first-order chi connectivity index (χ1) is 18.6. The Labute approximate surface area is 229 Å². The molecule has 2 N–H and O–H groups in total. The minimum atomic E-state index is -5.19. The minimum absolute atomic E-state index is 0.0494. The first-order valence-corrected chi connectivity index (χ1v) is 12.8. The number of allylic oxidation sites excluding steroid dienone is 3. The molecule has 1 aliphatic carbocycles. The molecule has 0 saturated carbocycles. The van der Waals surface area contributed by atoms with Crippen LogP contribution in [0.1, 0.15) is 43.4 Å². The van der Waals surface area contributed by atoms with E-state index in [-0.39, 0.29) is 16.7 Å². The molecule has 0 amide bonds. The summed E-state index contributed by atoms with van der Waals surface area (Å²) in [7, 11) is 0. The van der Waals surface area contributed by atoms with E-state index in [9.17, 15) is 30.7 Å². The zero-order chi connectivity index (χ0) is 29.1. The van der Waals surface area contributed by atoms with E-state index in [2.05, 4.69) is 10.3 Å². The topological polar surface area (TPSA) is 49.6 Å². The maximum Gasteiger partial charge on any atom is 0.420 e. The number of fused-ring (bicyclic) bond motifs is 1. The Morgan fingerprint density at radius 3 is 2.27 bits per heavy atom. The number of hydrogen-bond acceptors (Lipinski definition) is 3. The number of alkyl halides is 7. The summed E-state index contributed by atoms with van der Waals surface area (Å²) in [5.41, 5.74) is -1.84. The van der Waals surface area contributed by atoms with Crippen molar-refractivity contribution in [3.63, 3.8) is 0 Å². The number of H-pyrrole nitrogens is 1. The molecule has 2 heterocycles. The quantitative estimate of drug-likeness (QED) is 0.223. The van der Waals surface area contributed by atoms with Crippen LogP contribution in [0.4, 0.5) is 36.4 Å². The molecule has 214 valence electrons. The highest BCUT2D eigenvalue weighted by molar-refractivity contribution is 6.31. The lowest BCUT2D eigenvalue weighted by Gasteiger charge is -2.22. The number of anilines is 1. The van der Waals surface area contributed by atoms with Crippen molar-refractivity contribution in [2.24, 2.45) is 5.92 Å². The number of halogens is 8. The van der Waals surface area contributed by atoms with Crippen molar-refractivity contribution in [3.8, 4) is 11.5 Å². The maximum absolute atomic E-state index is 14.2. The Bertz CT molecular complexity index is 1470. The van der Waals surface area contributed by atoms with Gasteiger partial charge in [0, 0.05) is 33.7 Å². The summed E-state index contributed by atoms with van der Waals surface area (Å²) in [4.78, 5) is 3.03. The van der Waals surface area contributed by atoms with Crippen LogP contribution in [-0.4, -0.2) is 23.5 Å². The van der Waals surface area contributed by atoms with Gasteiger partial charge in [-0.05, 0) is 59.5 Å². The van der Waals surface area contributed by atoms with E-state index in [1.807, 2.05) is 13.8 Å². The van der Waals surface area contributed by atoms with Gasteiger partial charge in [0.05, 0.1) is 0 Å². The fourth-order valence-corrected chi connectivity index (χ4v) is 5.22. The summed E-state index contributed by atoms with van der Waals surface area (Å²) in [6, 6.07) is 5.31. The van der Waals surface area contributed by atoms with Crippen molar-refractivity contribution in [2.45, 2.75) is 57.5 Å². The second-order valence-electron chi connectivity index (χ2n) is 10.1. The Hall–Kier alpha value is -3.18. The molecular formula is C28H24ClF7N2O2. The monoisotopic (exact) mass is 588 g/mol. The number of hydrogen-bond donors (Lipinski definition) is 2. The van der Waals surface area contributed by atoms with Crippen LogP contribution in [0.2, 0.25) is 0 Å². The highest BCUT2D eigenvalue weighted by atomic mass is 35.5. The lowest BCUT2D eigenvalue weighted by Crippen LogP contribution is -2.22. The molecule has 1 aliphatic heterocycles. The minimum Gasteiger partial charge on any atom is -0.456 e. The molecule has 3 aromatic rings. The van der Waals surface area contributed by atoms with Gasteiger partial charge in [0.1, 0.15) is 29.2 Å². The van der Waals surface area contributed by atoms with E-state index in [1.165, 1.54) is 30.4 Å². The zero-order valence-electron chi connectivity index (χ0n) is 21.3. The smallest absolute Gasteiger partial charge is 0.420 e. The molecule has 2 aromatic carbocycles. The number of nitrogens with one attached hydrogen (secondary N) is 2. The largest absolute Gasteiger partial charge is 0.456 e. The number of rotatable bonds is 6. The van der Waals surface area contributed by atoms with E-state index in [1.54, 1.807) is 13.1 Å². The Morgan fingerprint density at radius 1 is 1.02 bits per heavy atom. The fraction of sp³-hybridized carbons (Fsp3) is 0.357. The van der Waals surface area contributed by atoms with Crippen molar-refractivity contribution in [2.75, 3.05) is 5.32 Å². The molecule has 1 aromatic heterocycles. The first kappa shape index (κ1) is 28.4. The standard InChI is InChI=1S/C28H24ClF7N2O2/c1-12(2)17-11-37-22-7-4-15(10-16(17)22)39-24-18(27(31,32)33)8-14(9-19(24)28(34,35)36)38-26-25(40-26)23-13(3)21(30)6-5-20(23)29/h4-13,21,25-26,37-38H,1-3H3. The average molecular weight is 589 g/mol. The molecule has 40 heavy (non-hydrogen) atoms. The van der Waals surface area contributed by atoms with Crippen LogP contribution < -0.4 is 10.1 Å². The Morgan fingerprint density at radius 2 is 1.68 bits per heavy atom. The Kier molecular flexibility index (Phi) is 7.11. The van der Waals surface area contributed by atoms with E-state index in [0.29, 0.717) is 28.6 Å². The number of aromatic amines is 1. The predicted molar refractivity (Wildman–Crippen MR) is 137 cm³/mol. The summed E-state index contributed by atoms with van der Waals surface area (Å²) >= 11 is 6.17. The molecule has 4 nitrogen and oxygen atoms in total.